The van der Waals surface area contributed by atoms with Crippen LogP contribution in [0.3, 0.4) is 0 Å². The van der Waals surface area contributed by atoms with E-state index in [1.165, 1.54) is 24.4 Å². The van der Waals surface area contributed by atoms with Crippen LogP contribution in [-0.4, -0.2) is 10.9 Å². The van der Waals surface area contributed by atoms with Gasteiger partial charge in [0.2, 0.25) is 0 Å². The fourth-order valence-electron chi connectivity index (χ4n) is 1.50. The number of pyridine rings is 1. The number of halogens is 2. The van der Waals surface area contributed by atoms with Crippen molar-refractivity contribution in [3.8, 4) is 0 Å². The zero-order chi connectivity index (χ0) is 13.8. The van der Waals surface area contributed by atoms with Crippen molar-refractivity contribution in [2.45, 2.75) is 6.54 Å². The van der Waals surface area contributed by atoms with Crippen molar-refractivity contribution in [3.63, 3.8) is 0 Å². The molecule has 0 aliphatic heterocycles. The highest BCUT2D eigenvalue weighted by Gasteiger charge is 2.08. The van der Waals surface area contributed by atoms with Gasteiger partial charge in [0.05, 0.1) is 10.6 Å². The Kier molecular flexibility index (Phi) is 3.97. The van der Waals surface area contributed by atoms with Gasteiger partial charge in [-0.1, -0.05) is 23.7 Å². The number of rotatable bonds is 3. The highest BCUT2D eigenvalue weighted by atomic mass is 35.5. The number of hydrogen-bond acceptors (Lipinski definition) is 3. The van der Waals surface area contributed by atoms with E-state index in [1.54, 1.807) is 12.1 Å². The van der Waals surface area contributed by atoms with Crippen LogP contribution in [-0.2, 0) is 6.54 Å². The Morgan fingerprint density at radius 3 is 2.89 bits per heavy atom. The van der Waals surface area contributed by atoms with Crippen molar-refractivity contribution in [2.75, 3.05) is 5.73 Å². The number of aromatic nitrogens is 1. The first kappa shape index (κ1) is 13.3. The maximum atomic E-state index is 13.0. The molecule has 0 unspecified atom stereocenters. The number of nitrogens with two attached hydrogens (primary N) is 1. The van der Waals surface area contributed by atoms with E-state index in [0.717, 1.165) is 0 Å². The molecule has 0 radical (unpaired) electrons. The highest BCUT2D eigenvalue weighted by molar-refractivity contribution is 6.33. The number of carbonyl (C=O) groups is 1. The molecule has 0 aliphatic carbocycles. The lowest BCUT2D eigenvalue weighted by Crippen LogP contribution is -2.23. The first-order valence-corrected chi connectivity index (χ1v) is 5.88. The molecule has 19 heavy (non-hydrogen) atoms. The third kappa shape index (κ3) is 3.42. The van der Waals surface area contributed by atoms with Crippen molar-refractivity contribution >= 4 is 23.3 Å². The van der Waals surface area contributed by atoms with E-state index in [0.29, 0.717) is 11.1 Å². The van der Waals surface area contributed by atoms with E-state index in [2.05, 4.69) is 10.3 Å². The van der Waals surface area contributed by atoms with Crippen molar-refractivity contribution in [3.05, 3.63) is 58.5 Å². The minimum absolute atomic E-state index is 0.170. The van der Waals surface area contributed by atoms with Crippen LogP contribution in [0, 0.1) is 5.82 Å². The van der Waals surface area contributed by atoms with Crippen molar-refractivity contribution < 1.29 is 9.18 Å². The average Bonchev–Trinajstić information content (AvgIpc) is 2.39. The molecule has 0 fully saturated rings. The number of nitrogens with zero attached hydrogens (tertiary/aromatic N) is 1. The van der Waals surface area contributed by atoms with E-state index < -0.39 is 0 Å². The predicted octanol–water partition coefficient (Wildman–Crippen LogP) is 2.39. The van der Waals surface area contributed by atoms with Gasteiger partial charge in [0.25, 0.3) is 5.91 Å². The maximum Gasteiger partial charge on any atom is 0.253 e. The zero-order valence-electron chi connectivity index (χ0n) is 9.86. The van der Waals surface area contributed by atoms with Gasteiger partial charge >= 0.3 is 0 Å². The molecule has 0 aliphatic rings. The van der Waals surface area contributed by atoms with Crippen LogP contribution >= 0.6 is 11.6 Å². The average molecular weight is 280 g/mol. The smallest absolute Gasteiger partial charge is 0.253 e. The van der Waals surface area contributed by atoms with Crippen LogP contribution in [0.2, 0.25) is 5.02 Å². The lowest BCUT2D eigenvalue weighted by atomic mass is 10.2. The highest BCUT2D eigenvalue weighted by Crippen LogP contribution is 2.16. The third-order valence-corrected chi connectivity index (χ3v) is 2.78. The molecule has 2 aromatic rings. The summed E-state index contributed by atoms with van der Waals surface area (Å²) in [6.07, 6.45) is 1.34. The molecule has 0 saturated carbocycles. The Bertz CT molecular complexity index is 619. The van der Waals surface area contributed by atoms with Crippen LogP contribution in [0.1, 0.15) is 15.9 Å². The molecular formula is C13H11ClFN3O. The Labute approximate surface area is 114 Å². The summed E-state index contributed by atoms with van der Waals surface area (Å²) in [6, 6.07) is 7.43. The molecule has 1 aromatic carbocycles. The quantitative estimate of drug-likeness (QED) is 0.906. The summed E-state index contributed by atoms with van der Waals surface area (Å²) in [7, 11) is 0. The maximum absolute atomic E-state index is 13.0. The van der Waals surface area contributed by atoms with Crippen LogP contribution < -0.4 is 11.1 Å². The van der Waals surface area contributed by atoms with E-state index >= 15 is 0 Å². The molecular weight excluding hydrogens is 269 g/mol. The normalized spacial score (nSPS) is 10.2. The topological polar surface area (TPSA) is 68.0 Å². The van der Waals surface area contributed by atoms with E-state index in [1.807, 2.05) is 0 Å². The van der Waals surface area contributed by atoms with Gasteiger partial charge in [0.15, 0.2) is 0 Å². The summed E-state index contributed by atoms with van der Waals surface area (Å²) in [5.74, 6) is -0.522. The minimum atomic E-state index is -0.348. The van der Waals surface area contributed by atoms with Gasteiger partial charge in [-0.15, -0.1) is 0 Å². The predicted molar refractivity (Wildman–Crippen MR) is 71.2 cm³/mol. The third-order valence-electron chi connectivity index (χ3n) is 2.47. The number of benzene rings is 1. The van der Waals surface area contributed by atoms with Crippen molar-refractivity contribution in [1.82, 2.24) is 10.3 Å². The summed E-state index contributed by atoms with van der Waals surface area (Å²) in [4.78, 5) is 15.6. The molecule has 0 bridgehead atoms. The van der Waals surface area contributed by atoms with Crippen LogP contribution in [0.4, 0.5) is 10.2 Å². The summed E-state index contributed by atoms with van der Waals surface area (Å²) >= 11 is 5.78. The summed E-state index contributed by atoms with van der Waals surface area (Å²) < 4.78 is 13.0. The zero-order valence-corrected chi connectivity index (χ0v) is 10.6. The second kappa shape index (κ2) is 5.67. The number of nitrogens with one attached hydrogen (secondary N) is 1. The second-order valence-electron chi connectivity index (χ2n) is 3.90. The van der Waals surface area contributed by atoms with E-state index in [9.17, 15) is 9.18 Å². The van der Waals surface area contributed by atoms with Crippen molar-refractivity contribution in [1.29, 1.82) is 0 Å². The molecule has 4 nitrogen and oxygen atoms in total. The fourth-order valence-corrected chi connectivity index (χ4v) is 1.67. The Morgan fingerprint density at radius 1 is 1.42 bits per heavy atom. The van der Waals surface area contributed by atoms with E-state index in [4.69, 9.17) is 17.3 Å². The van der Waals surface area contributed by atoms with Gasteiger partial charge in [0.1, 0.15) is 11.6 Å². The molecule has 3 N–H and O–H groups in total. The molecule has 0 atom stereocenters. The largest absolute Gasteiger partial charge is 0.382 e. The second-order valence-corrected chi connectivity index (χ2v) is 4.31. The summed E-state index contributed by atoms with van der Waals surface area (Å²) in [6.45, 7) is 0.221. The van der Waals surface area contributed by atoms with E-state index in [-0.39, 0.29) is 29.1 Å². The molecule has 1 aromatic heterocycles. The van der Waals surface area contributed by atoms with Gasteiger partial charge in [-0.25, -0.2) is 9.37 Å². The summed E-state index contributed by atoms with van der Waals surface area (Å²) in [5.41, 5.74) is 6.42. The fraction of sp³-hybridized carbons (Fsp3) is 0.0769. The first-order chi connectivity index (χ1) is 9.06. The first-order valence-electron chi connectivity index (χ1n) is 5.50. The Morgan fingerprint density at radius 2 is 2.21 bits per heavy atom. The number of carbonyl (C=O) groups excluding carboxylic acids is 1. The summed E-state index contributed by atoms with van der Waals surface area (Å²) in [5, 5.41) is 2.86. The Balaban J connectivity index is 2.03. The Hall–Kier alpha value is -2.14. The molecule has 1 heterocycles. The van der Waals surface area contributed by atoms with Gasteiger partial charge < -0.3 is 11.1 Å². The number of anilines is 1. The van der Waals surface area contributed by atoms with Crippen molar-refractivity contribution in [2.24, 2.45) is 0 Å². The molecule has 6 heteroatoms. The lowest BCUT2D eigenvalue weighted by molar-refractivity contribution is 0.0950. The number of hydrogen-bond donors (Lipinski definition) is 2. The van der Waals surface area contributed by atoms with Crippen LogP contribution in [0.15, 0.2) is 36.5 Å². The van der Waals surface area contributed by atoms with Crippen LogP contribution in [0.25, 0.3) is 0 Å². The lowest BCUT2D eigenvalue weighted by Gasteiger charge is -2.06. The molecule has 0 saturated heterocycles. The monoisotopic (exact) mass is 279 g/mol. The minimum Gasteiger partial charge on any atom is -0.382 e. The SMILES string of the molecule is Nc1ncc(C(=O)NCc2cccc(F)c2)cc1Cl. The van der Waals surface area contributed by atoms with Gasteiger partial charge in [-0.2, -0.15) is 0 Å². The number of amides is 1. The molecule has 98 valence electrons. The van der Waals surface area contributed by atoms with Gasteiger partial charge in [-0.3, -0.25) is 4.79 Å². The molecule has 1 amide bonds. The van der Waals surface area contributed by atoms with Gasteiger partial charge in [-0.05, 0) is 23.8 Å². The number of nitrogen functional groups attached to an aromatic ring is 1. The van der Waals surface area contributed by atoms with Gasteiger partial charge in [0, 0.05) is 12.7 Å². The molecule has 2 rings (SSSR count). The van der Waals surface area contributed by atoms with Crippen LogP contribution in [0.5, 0.6) is 0 Å². The molecule has 0 spiro atoms. The standard InChI is InChI=1S/C13H11ClFN3O/c14-11-5-9(7-17-12(11)16)13(19)18-6-8-2-1-3-10(15)4-8/h1-5,7H,6H2,(H2,16,17)(H,18,19).